The van der Waals surface area contributed by atoms with Crippen LogP contribution < -0.4 is 19.7 Å². The standard InChI is InChI=1S/C28H28N2O4/c1-4-16-34-24-11-7-9-21(18-24)29-26-25(20-12-14-23(15-13-20)33-5-2)27(31)30(28(26)32)22-10-6-8-19(3)17-22/h6-15,17-18,29H,4-5,16H2,1-3H3. The van der Waals surface area contributed by atoms with Crippen LogP contribution in [-0.2, 0) is 9.59 Å². The van der Waals surface area contributed by atoms with Gasteiger partial charge in [0.1, 0.15) is 17.2 Å². The number of aryl methyl sites for hydroxylation is 1. The molecule has 0 spiro atoms. The summed E-state index contributed by atoms with van der Waals surface area (Å²) in [6.07, 6.45) is 0.892. The van der Waals surface area contributed by atoms with E-state index in [9.17, 15) is 9.59 Å². The summed E-state index contributed by atoms with van der Waals surface area (Å²) < 4.78 is 11.3. The molecular weight excluding hydrogens is 428 g/mol. The molecule has 3 aromatic carbocycles. The van der Waals surface area contributed by atoms with Crippen LogP contribution >= 0.6 is 0 Å². The van der Waals surface area contributed by atoms with E-state index in [1.807, 2.05) is 63.2 Å². The topological polar surface area (TPSA) is 67.9 Å². The Balaban J connectivity index is 1.75. The van der Waals surface area contributed by atoms with Crippen LogP contribution in [0.15, 0.2) is 78.5 Å². The maximum Gasteiger partial charge on any atom is 0.282 e. The number of amides is 2. The predicted molar refractivity (Wildman–Crippen MR) is 134 cm³/mol. The van der Waals surface area contributed by atoms with Crippen LogP contribution in [0.2, 0.25) is 0 Å². The summed E-state index contributed by atoms with van der Waals surface area (Å²) in [6.45, 7) is 7.02. The number of nitrogens with one attached hydrogen (secondary N) is 1. The normalized spacial score (nSPS) is 13.4. The highest BCUT2D eigenvalue weighted by Gasteiger charge is 2.40. The SMILES string of the molecule is CCCOc1cccc(NC2=C(c3ccc(OCC)cc3)C(=O)N(c3cccc(C)c3)C2=O)c1. The minimum atomic E-state index is -0.403. The van der Waals surface area contributed by atoms with E-state index in [1.54, 1.807) is 30.3 Å². The summed E-state index contributed by atoms with van der Waals surface area (Å²) in [5.74, 6) is 0.622. The van der Waals surface area contributed by atoms with Gasteiger partial charge in [-0.3, -0.25) is 9.59 Å². The van der Waals surface area contributed by atoms with E-state index in [4.69, 9.17) is 9.47 Å². The first-order valence-electron chi connectivity index (χ1n) is 11.4. The molecule has 3 aromatic rings. The van der Waals surface area contributed by atoms with Crippen LogP contribution in [0, 0.1) is 6.92 Å². The number of nitrogens with zero attached hydrogens (tertiary/aromatic N) is 1. The van der Waals surface area contributed by atoms with Gasteiger partial charge in [0.2, 0.25) is 0 Å². The van der Waals surface area contributed by atoms with Gasteiger partial charge in [-0.05, 0) is 67.8 Å². The van der Waals surface area contributed by atoms with Crippen LogP contribution in [-0.4, -0.2) is 25.0 Å². The van der Waals surface area contributed by atoms with E-state index in [0.717, 1.165) is 12.0 Å². The minimum Gasteiger partial charge on any atom is -0.494 e. The van der Waals surface area contributed by atoms with Crippen molar-refractivity contribution in [2.45, 2.75) is 27.2 Å². The maximum atomic E-state index is 13.6. The fourth-order valence-corrected chi connectivity index (χ4v) is 3.83. The molecule has 6 nitrogen and oxygen atoms in total. The van der Waals surface area contributed by atoms with Crippen molar-refractivity contribution in [3.63, 3.8) is 0 Å². The first kappa shape index (κ1) is 23.1. The number of hydrogen-bond acceptors (Lipinski definition) is 5. The van der Waals surface area contributed by atoms with Crippen molar-refractivity contribution in [2.24, 2.45) is 0 Å². The van der Waals surface area contributed by atoms with Crippen molar-refractivity contribution in [1.29, 1.82) is 0 Å². The minimum absolute atomic E-state index is 0.225. The van der Waals surface area contributed by atoms with Gasteiger partial charge in [0.05, 0.1) is 24.5 Å². The summed E-state index contributed by atoms with van der Waals surface area (Å²) in [7, 11) is 0. The molecule has 0 aliphatic carbocycles. The third kappa shape index (κ3) is 4.81. The van der Waals surface area contributed by atoms with Gasteiger partial charge in [0, 0.05) is 11.8 Å². The lowest BCUT2D eigenvalue weighted by Gasteiger charge is -2.16. The lowest BCUT2D eigenvalue weighted by Crippen LogP contribution is -2.32. The molecule has 4 rings (SSSR count). The van der Waals surface area contributed by atoms with E-state index in [-0.39, 0.29) is 11.6 Å². The second-order valence-corrected chi connectivity index (χ2v) is 7.99. The van der Waals surface area contributed by atoms with E-state index >= 15 is 0 Å². The van der Waals surface area contributed by atoms with Gasteiger partial charge in [-0.1, -0.05) is 37.3 Å². The number of imide groups is 1. The smallest absolute Gasteiger partial charge is 0.282 e. The van der Waals surface area contributed by atoms with Gasteiger partial charge in [-0.25, -0.2) is 4.90 Å². The summed E-state index contributed by atoms with van der Waals surface area (Å²) in [4.78, 5) is 28.4. The third-order valence-corrected chi connectivity index (χ3v) is 5.37. The molecule has 0 bridgehead atoms. The van der Waals surface area contributed by atoms with Crippen LogP contribution in [0.5, 0.6) is 11.5 Å². The van der Waals surface area contributed by atoms with E-state index in [2.05, 4.69) is 5.32 Å². The molecule has 0 radical (unpaired) electrons. The van der Waals surface area contributed by atoms with Crippen molar-refractivity contribution in [2.75, 3.05) is 23.4 Å². The number of hydrogen-bond donors (Lipinski definition) is 1. The van der Waals surface area contributed by atoms with Crippen LogP contribution in [0.1, 0.15) is 31.4 Å². The molecule has 0 saturated carbocycles. The van der Waals surface area contributed by atoms with Gasteiger partial charge >= 0.3 is 0 Å². The zero-order chi connectivity index (χ0) is 24.1. The maximum absolute atomic E-state index is 13.6. The Hall–Kier alpha value is -4.06. The van der Waals surface area contributed by atoms with Gasteiger partial charge < -0.3 is 14.8 Å². The molecule has 6 heteroatoms. The quantitative estimate of drug-likeness (QED) is 0.426. The number of anilines is 2. The molecule has 0 unspecified atom stereocenters. The Bertz CT molecular complexity index is 1230. The molecule has 0 fully saturated rings. The Labute approximate surface area is 199 Å². The summed E-state index contributed by atoms with van der Waals surface area (Å²) >= 11 is 0. The zero-order valence-electron chi connectivity index (χ0n) is 19.6. The molecule has 2 amide bonds. The number of carbonyl (C=O) groups excluding carboxylic acids is 2. The Morgan fingerprint density at radius 1 is 0.824 bits per heavy atom. The number of ether oxygens (including phenoxy) is 2. The van der Waals surface area contributed by atoms with Gasteiger partial charge in [0.25, 0.3) is 11.8 Å². The van der Waals surface area contributed by atoms with E-state index < -0.39 is 5.91 Å². The third-order valence-electron chi connectivity index (χ3n) is 5.37. The van der Waals surface area contributed by atoms with Gasteiger partial charge in [0.15, 0.2) is 0 Å². The molecule has 174 valence electrons. The Morgan fingerprint density at radius 3 is 2.29 bits per heavy atom. The van der Waals surface area contributed by atoms with Crippen molar-refractivity contribution < 1.29 is 19.1 Å². The fraction of sp³-hybridized carbons (Fsp3) is 0.214. The lowest BCUT2D eigenvalue weighted by molar-refractivity contribution is -0.120. The summed E-state index contributed by atoms with van der Waals surface area (Å²) in [5, 5.41) is 3.20. The van der Waals surface area contributed by atoms with Crippen LogP contribution in [0.4, 0.5) is 11.4 Å². The summed E-state index contributed by atoms with van der Waals surface area (Å²) in [6, 6.07) is 21.9. The second kappa shape index (κ2) is 10.3. The zero-order valence-corrected chi connectivity index (χ0v) is 19.6. The molecule has 0 atom stereocenters. The van der Waals surface area contributed by atoms with E-state index in [0.29, 0.717) is 47.2 Å². The van der Waals surface area contributed by atoms with Crippen molar-refractivity contribution in [3.8, 4) is 11.5 Å². The fourth-order valence-electron chi connectivity index (χ4n) is 3.83. The Kier molecular flexibility index (Phi) is 6.97. The first-order valence-corrected chi connectivity index (χ1v) is 11.4. The number of rotatable bonds is 9. The van der Waals surface area contributed by atoms with Gasteiger partial charge in [-0.2, -0.15) is 0 Å². The van der Waals surface area contributed by atoms with Crippen LogP contribution in [0.3, 0.4) is 0 Å². The molecule has 1 heterocycles. The number of carbonyl (C=O) groups is 2. The van der Waals surface area contributed by atoms with Crippen molar-refractivity contribution >= 4 is 28.8 Å². The number of benzene rings is 3. The van der Waals surface area contributed by atoms with Crippen molar-refractivity contribution in [3.05, 3.63) is 89.6 Å². The van der Waals surface area contributed by atoms with E-state index in [1.165, 1.54) is 4.90 Å². The lowest BCUT2D eigenvalue weighted by atomic mass is 10.0. The Morgan fingerprint density at radius 2 is 1.59 bits per heavy atom. The largest absolute Gasteiger partial charge is 0.494 e. The molecular formula is C28H28N2O4. The summed E-state index contributed by atoms with van der Waals surface area (Å²) in [5.41, 5.74) is 3.34. The first-order chi connectivity index (χ1) is 16.5. The average Bonchev–Trinajstić information content (AvgIpc) is 3.08. The molecule has 1 aliphatic rings. The van der Waals surface area contributed by atoms with Crippen LogP contribution in [0.25, 0.3) is 5.57 Å². The molecule has 0 aromatic heterocycles. The van der Waals surface area contributed by atoms with Gasteiger partial charge in [-0.15, -0.1) is 0 Å². The second-order valence-electron chi connectivity index (χ2n) is 7.99. The molecule has 0 saturated heterocycles. The molecule has 34 heavy (non-hydrogen) atoms. The molecule has 1 aliphatic heterocycles. The predicted octanol–water partition coefficient (Wildman–Crippen LogP) is 5.58. The highest BCUT2D eigenvalue weighted by atomic mass is 16.5. The monoisotopic (exact) mass is 456 g/mol. The average molecular weight is 457 g/mol. The molecule has 1 N–H and O–H groups in total. The highest BCUT2D eigenvalue weighted by Crippen LogP contribution is 2.35. The highest BCUT2D eigenvalue weighted by molar-refractivity contribution is 6.46. The van der Waals surface area contributed by atoms with Crippen molar-refractivity contribution in [1.82, 2.24) is 0 Å².